The van der Waals surface area contributed by atoms with Gasteiger partial charge in [0.25, 0.3) is 12.1 Å². The predicted molar refractivity (Wildman–Crippen MR) is 104 cm³/mol. The molecule has 0 radical (unpaired) electrons. The van der Waals surface area contributed by atoms with Crippen LogP contribution in [0, 0.1) is 12.8 Å². The van der Waals surface area contributed by atoms with Gasteiger partial charge in [-0.15, -0.1) is 12.4 Å². The van der Waals surface area contributed by atoms with E-state index in [2.05, 4.69) is 15.0 Å². The van der Waals surface area contributed by atoms with Gasteiger partial charge >= 0.3 is 0 Å². The molecule has 1 aliphatic heterocycles. The van der Waals surface area contributed by atoms with Gasteiger partial charge in [-0.05, 0) is 57.7 Å². The highest BCUT2D eigenvalue weighted by Gasteiger charge is 2.27. The number of piperidine rings is 1. The molecule has 0 N–H and O–H groups in total. The summed E-state index contributed by atoms with van der Waals surface area (Å²) in [6.45, 7) is 4.94. The SMILES string of the molecule is Cc1noc2nc(C3CCN(CC4CCCCC4)CC3)cc(C(F)F)c12.Cl. The Kier molecular flexibility index (Phi) is 6.69. The molecule has 1 aliphatic carbocycles. The van der Waals surface area contributed by atoms with E-state index in [4.69, 9.17) is 4.52 Å². The third kappa shape index (κ3) is 4.43. The summed E-state index contributed by atoms with van der Waals surface area (Å²) in [6, 6.07) is 1.58. The highest BCUT2D eigenvalue weighted by molar-refractivity contribution is 5.85. The lowest BCUT2D eigenvalue weighted by atomic mass is 9.87. The molecule has 1 saturated carbocycles. The number of alkyl halides is 2. The van der Waals surface area contributed by atoms with Crippen LogP contribution in [0.5, 0.6) is 0 Å². The quantitative estimate of drug-likeness (QED) is 0.666. The normalized spacial score (nSPS) is 20.3. The number of aromatic nitrogens is 2. The zero-order valence-electron chi connectivity index (χ0n) is 15.8. The van der Waals surface area contributed by atoms with E-state index in [0.29, 0.717) is 11.1 Å². The topological polar surface area (TPSA) is 42.2 Å². The first-order valence-corrected chi connectivity index (χ1v) is 9.89. The van der Waals surface area contributed by atoms with E-state index in [1.165, 1.54) is 38.6 Å². The lowest BCUT2D eigenvalue weighted by Gasteiger charge is -2.35. The lowest BCUT2D eigenvalue weighted by molar-refractivity contribution is 0.152. The molecule has 0 unspecified atom stereocenters. The Hall–Kier alpha value is -1.27. The second kappa shape index (κ2) is 8.82. The summed E-state index contributed by atoms with van der Waals surface area (Å²) >= 11 is 0. The average Bonchev–Trinajstić information content (AvgIpc) is 3.03. The Bertz CT molecular complexity index is 753. The molecule has 3 heterocycles. The second-order valence-corrected chi connectivity index (χ2v) is 7.96. The predicted octanol–water partition coefficient (Wildman–Crippen LogP) is 5.65. The molecule has 1 saturated heterocycles. The largest absolute Gasteiger partial charge is 0.336 e. The van der Waals surface area contributed by atoms with Crippen molar-refractivity contribution in [2.75, 3.05) is 19.6 Å². The third-order valence-electron chi connectivity index (χ3n) is 6.15. The van der Waals surface area contributed by atoms with Crippen molar-refractivity contribution in [3.05, 3.63) is 23.0 Å². The molecular formula is C20H28ClF2N3O. The number of likely N-dealkylation sites (tertiary alicyclic amines) is 1. The van der Waals surface area contributed by atoms with Crippen LogP contribution in [-0.2, 0) is 0 Å². The molecule has 4 nitrogen and oxygen atoms in total. The molecule has 150 valence electrons. The Balaban J connectivity index is 0.00000210. The first-order valence-electron chi connectivity index (χ1n) is 9.89. The smallest absolute Gasteiger partial charge is 0.264 e. The van der Waals surface area contributed by atoms with Gasteiger partial charge < -0.3 is 9.42 Å². The van der Waals surface area contributed by atoms with E-state index in [1.54, 1.807) is 13.0 Å². The van der Waals surface area contributed by atoms with Crippen molar-refractivity contribution in [2.24, 2.45) is 5.92 Å². The lowest BCUT2D eigenvalue weighted by Crippen LogP contribution is -2.37. The fourth-order valence-corrected chi connectivity index (χ4v) is 4.67. The van der Waals surface area contributed by atoms with Crippen LogP contribution in [0.1, 0.15) is 74.2 Å². The summed E-state index contributed by atoms with van der Waals surface area (Å²) in [5.41, 5.74) is 1.48. The molecular weight excluding hydrogens is 372 g/mol. The number of pyridine rings is 1. The molecule has 4 rings (SSSR count). The maximum Gasteiger partial charge on any atom is 0.264 e. The van der Waals surface area contributed by atoms with Crippen molar-refractivity contribution in [1.82, 2.24) is 15.0 Å². The first kappa shape index (κ1) is 20.5. The van der Waals surface area contributed by atoms with Crippen LogP contribution in [0.4, 0.5) is 8.78 Å². The van der Waals surface area contributed by atoms with Crippen molar-refractivity contribution in [3.63, 3.8) is 0 Å². The van der Waals surface area contributed by atoms with Gasteiger partial charge in [0, 0.05) is 23.7 Å². The second-order valence-electron chi connectivity index (χ2n) is 7.96. The highest BCUT2D eigenvalue weighted by atomic mass is 35.5. The van der Waals surface area contributed by atoms with Gasteiger partial charge in [-0.25, -0.2) is 13.8 Å². The average molecular weight is 400 g/mol. The summed E-state index contributed by atoms with van der Waals surface area (Å²) in [7, 11) is 0. The van der Waals surface area contributed by atoms with Gasteiger partial charge in [0.1, 0.15) is 0 Å². The Labute approximate surface area is 165 Å². The van der Waals surface area contributed by atoms with Crippen LogP contribution in [0.15, 0.2) is 10.6 Å². The van der Waals surface area contributed by atoms with Crippen molar-refractivity contribution in [2.45, 2.75) is 64.2 Å². The van der Waals surface area contributed by atoms with Gasteiger partial charge in [-0.3, -0.25) is 0 Å². The number of aryl methyl sites for hydroxylation is 1. The molecule has 0 atom stereocenters. The molecule has 2 aliphatic rings. The van der Waals surface area contributed by atoms with Crippen molar-refractivity contribution >= 4 is 23.5 Å². The minimum atomic E-state index is -2.54. The monoisotopic (exact) mass is 399 g/mol. The fourth-order valence-electron chi connectivity index (χ4n) is 4.67. The summed E-state index contributed by atoms with van der Waals surface area (Å²) in [6.07, 6.45) is 6.27. The number of hydrogen-bond acceptors (Lipinski definition) is 4. The van der Waals surface area contributed by atoms with Gasteiger partial charge in [0.15, 0.2) is 0 Å². The maximum atomic E-state index is 13.5. The van der Waals surface area contributed by atoms with E-state index in [-0.39, 0.29) is 29.6 Å². The van der Waals surface area contributed by atoms with Crippen LogP contribution in [0.2, 0.25) is 0 Å². The Morgan fingerprint density at radius 3 is 2.52 bits per heavy atom. The molecule has 0 aromatic carbocycles. The fraction of sp³-hybridized carbons (Fsp3) is 0.700. The van der Waals surface area contributed by atoms with Gasteiger partial charge in [0.05, 0.1) is 11.1 Å². The molecule has 0 bridgehead atoms. The van der Waals surface area contributed by atoms with Crippen LogP contribution in [0.3, 0.4) is 0 Å². The first-order chi connectivity index (χ1) is 12.6. The van der Waals surface area contributed by atoms with Gasteiger partial charge in [0.2, 0.25) is 0 Å². The van der Waals surface area contributed by atoms with Crippen molar-refractivity contribution < 1.29 is 13.3 Å². The molecule has 0 spiro atoms. The van der Waals surface area contributed by atoms with E-state index < -0.39 is 6.43 Å². The summed E-state index contributed by atoms with van der Waals surface area (Å²) < 4.78 is 32.2. The van der Waals surface area contributed by atoms with Crippen LogP contribution in [-0.4, -0.2) is 34.7 Å². The molecule has 7 heteroatoms. The summed E-state index contributed by atoms with van der Waals surface area (Å²) in [5, 5.41) is 4.20. The van der Waals surface area contributed by atoms with Crippen molar-refractivity contribution in [1.29, 1.82) is 0 Å². The molecule has 2 aromatic heterocycles. The number of nitrogens with zero attached hydrogens (tertiary/aromatic N) is 3. The minimum absolute atomic E-state index is 0. The number of halogens is 3. The number of fused-ring (bicyclic) bond motifs is 1. The van der Waals surface area contributed by atoms with Crippen LogP contribution >= 0.6 is 12.4 Å². The molecule has 2 aromatic rings. The van der Waals surface area contributed by atoms with Crippen LogP contribution < -0.4 is 0 Å². The van der Waals surface area contributed by atoms with Crippen molar-refractivity contribution in [3.8, 4) is 0 Å². The third-order valence-corrected chi connectivity index (χ3v) is 6.15. The Morgan fingerprint density at radius 1 is 1.15 bits per heavy atom. The number of hydrogen-bond donors (Lipinski definition) is 0. The summed E-state index contributed by atoms with van der Waals surface area (Å²) in [4.78, 5) is 7.08. The molecule has 0 amide bonds. The molecule has 27 heavy (non-hydrogen) atoms. The zero-order chi connectivity index (χ0) is 18.1. The summed E-state index contributed by atoms with van der Waals surface area (Å²) in [5.74, 6) is 1.07. The highest BCUT2D eigenvalue weighted by Crippen LogP contribution is 2.35. The van der Waals surface area contributed by atoms with E-state index >= 15 is 0 Å². The maximum absolute atomic E-state index is 13.5. The zero-order valence-corrected chi connectivity index (χ0v) is 16.6. The van der Waals surface area contributed by atoms with E-state index in [9.17, 15) is 8.78 Å². The number of rotatable bonds is 4. The molecule has 2 fully saturated rings. The minimum Gasteiger partial charge on any atom is -0.336 e. The van der Waals surface area contributed by atoms with E-state index in [1.807, 2.05) is 0 Å². The van der Waals surface area contributed by atoms with Crippen LogP contribution in [0.25, 0.3) is 11.1 Å². The van der Waals surface area contributed by atoms with E-state index in [0.717, 1.165) is 37.5 Å². The van der Waals surface area contributed by atoms with Gasteiger partial charge in [-0.1, -0.05) is 24.4 Å². The van der Waals surface area contributed by atoms with Gasteiger partial charge in [-0.2, -0.15) is 0 Å². The Morgan fingerprint density at radius 2 is 1.85 bits per heavy atom. The standard InChI is InChI=1S/C20H27F2N3O.ClH/c1-13-18-16(19(21)22)11-17(23-20(18)26-24-13)15-7-9-25(10-8-15)12-14-5-3-2-4-6-14;/h11,14-15,19H,2-10,12H2,1H3;1H.